The lowest BCUT2D eigenvalue weighted by Crippen LogP contribution is -2.44. The van der Waals surface area contributed by atoms with Crippen molar-refractivity contribution in [2.45, 2.75) is 44.9 Å². The Kier molecular flexibility index (Phi) is 6.50. The van der Waals surface area contributed by atoms with Gasteiger partial charge in [0.15, 0.2) is 0 Å². The highest BCUT2D eigenvalue weighted by Gasteiger charge is 2.49. The van der Waals surface area contributed by atoms with Crippen molar-refractivity contribution >= 4 is 35.6 Å². The molecule has 6 nitrogen and oxygen atoms in total. The monoisotopic (exact) mass is 406 g/mol. The van der Waals surface area contributed by atoms with Crippen LogP contribution in [0.2, 0.25) is 0 Å². The van der Waals surface area contributed by atoms with Crippen molar-refractivity contribution in [3.05, 3.63) is 23.8 Å². The van der Waals surface area contributed by atoms with Gasteiger partial charge in [0.1, 0.15) is 0 Å². The summed E-state index contributed by atoms with van der Waals surface area (Å²) in [5, 5.41) is 6.59. The van der Waals surface area contributed by atoms with Crippen LogP contribution in [0.4, 0.5) is 11.4 Å². The standard InChI is InChI=1S/C21H30N4O2.ClH/c22-19(26)17-8-7-16(12-18(17)25-10-4-1-5-11-25)24-20(27)21-9-3-2-6-15(21)13-23-14-21;/h7-8,12,15,23H,1-6,9-11,13-14H2,(H2,22,26)(H,24,27);1H/t15-,21+;/m0./s1. The van der Waals surface area contributed by atoms with Gasteiger partial charge in [0.05, 0.1) is 16.7 Å². The van der Waals surface area contributed by atoms with Gasteiger partial charge in [0.25, 0.3) is 5.91 Å². The first-order valence-corrected chi connectivity index (χ1v) is 10.3. The first-order valence-electron chi connectivity index (χ1n) is 10.3. The quantitative estimate of drug-likeness (QED) is 0.717. The van der Waals surface area contributed by atoms with Gasteiger partial charge in [0, 0.05) is 25.3 Å². The maximum atomic E-state index is 13.2. The molecule has 1 saturated carbocycles. The van der Waals surface area contributed by atoms with E-state index in [-0.39, 0.29) is 23.7 Å². The molecule has 2 saturated heterocycles. The minimum absolute atomic E-state index is 0. The summed E-state index contributed by atoms with van der Waals surface area (Å²) in [5.74, 6) is 0.130. The summed E-state index contributed by atoms with van der Waals surface area (Å²) < 4.78 is 0. The van der Waals surface area contributed by atoms with Crippen LogP contribution in [0.25, 0.3) is 0 Å². The second kappa shape index (κ2) is 8.70. The van der Waals surface area contributed by atoms with Crippen molar-refractivity contribution in [1.82, 2.24) is 5.32 Å². The molecule has 1 aliphatic carbocycles. The topological polar surface area (TPSA) is 87.5 Å². The fourth-order valence-corrected chi connectivity index (χ4v) is 5.16. The molecular formula is C21H31ClN4O2. The number of primary amides is 1. The Morgan fingerprint density at radius 1 is 1.14 bits per heavy atom. The SMILES string of the molecule is Cl.NC(=O)c1ccc(NC(=O)[C@@]23CCCC[C@H]2CNC3)cc1N1CCCCC1. The molecule has 4 rings (SSSR count). The maximum absolute atomic E-state index is 13.2. The zero-order valence-corrected chi connectivity index (χ0v) is 17.2. The number of hydrogen-bond acceptors (Lipinski definition) is 4. The number of carbonyl (C=O) groups is 2. The highest BCUT2D eigenvalue weighted by atomic mass is 35.5. The van der Waals surface area contributed by atoms with E-state index in [1.54, 1.807) is 6.07 Å². The van der Waals surface area contributed by atoms with E-state index >= 15 is 0 Å². The molecule has 0 bridgehead atoms. The molecule has 0 spiro atoms. The van der Waals surface area contributed by atoms with E-state index in [4.69, 9.17) is 5.73 Å². The molecule has 0 radical (unpaired) electrons. The van der Waals surface area contributed by atoms with Crippen molar-refractivity contribution in [2.75, 3.05) is 36.4 Å². The third-order valence-corrected chi connectivity index (χ3v) is 6.71. The molecule has 154 valence electrons. The van der Waals surface area contributed by atoms with Gasteiger partial charge in [0.2, 0.25) is 5.91 Å². The number of nitrogens with two attached hydrogens (primary N) is 1. The van der Waals surface area contributed by atoms with Crippen molar-refractivity contribution in [1.29, 1.82) is 0 Å². The van der Waals surface area contributed by atoms with Gasteiger partial charge in [-0.2, -0.15) is 0 Å². The van der Waals surface area contributed by atoms with Crippen molar-refractivity contribution in [3.8, 4) is 0 Å². The minimum Gasteiger partial charge on any atom is -0.371 e. The molecule has 7 heteroatoms. The lowest BCUT2D eigenvalue weighted by atomic mass is 9.67. The predicted octanol–water partition coefficient (Wildman–Crippen LogP) is 2.92. The normalized spacial score (nSPS) is 26.9. The molecule has 2 heterocycles. The van der Waals surface area contributed by atoms with Crippen molar-refractivity contribution in [3.63, 3.8) is 0 Å². The average molecular weight is 407 g/mol. The molecule has 3 fully saturated rings. The fourth-order valence-electron chi connectivity index (χ4n) is 5.16. The van der Waals surface area contributed by atoms with E-state index in [2.05, 4.69) is 15.5 Å². The number of benzene rings is 1. The van der Waals surface area contributed by atoms with Gasteiger partial charge < -0.3 is 21.3 Å². The van der Waals surface area contributed by atoms with Gasteiger partial charge in [-0.1, -0.05) is 12.8 Å². The van der Waals surface area contributed by atoms with Gasteiger partial charge in [-0.15, -0.1) is 12.4 Å². The number of nitrogens with one attached hydrogen (secondary N) is 2. The first-order chi connectivity index (χ1) is 13.1. The van der Waals surface area contributed by atoms with Crippen LogP contribution in [-0.2, 0) is 4.79 Å². The van der Waals surface area contributed by atoms with Gasteiger partial charge in [-0.05, 0) is 62.8 Å². The Morgan fingerprint density at radius 2 is 1.93 bits per heavy atom. The molecule has 2 atom stereocenters. The second-order valence-corrected chi connectivity index (χ2v) is 8.33. The molecule has 2 amide bonds. The van der Waals surface area contributed by atoms with Crippen LogP contribution in [0.3, 0.4) is 0 Å². The number of fused-ring (bicyclic) bond motifs is 1. The van der Waals surface area contributed by atoms with Gasteiger partial charge >= 0.3 is 0 Å². The molecule has 0 aromatic heterocycles. The Balaban J connectivity index is 0.00000225. The number of carbonyl (C=O) groups excluding carboxylic acids is 2. The van der Waals surface area contributed by atoms with Crippen LogP contribution < -0.4 is 21.3 Å². The molecule has 0 unspecified atom stereocenters. The Morgan fingerprint density at radius 3 is 2.68 bits per heavy atom. The van der Waals surface area contributed by atoms with Crippen LogP contribution in [0.1, 0.15) is 55.3 Å². The van der Waals surface area contributed by atoms with E-state index < -0.39 is 5.91 Å². The Labute approximate surface area is 173 Å². The van der Waals surface area contributed by atoms with E-state index in [9.17, 15) is 9.59 Å². The first kappa shape index (κ1) is 20.9. The summed E-state index contributed by atoms with van der Waals surface area (Å²) >= 11 is 0. The minimum atomic E-state index is -0.417. The molecule has 2 aliphatic heterocycles. The Bertz CT molecular complexity index is 735. The Hall–Kier alpha value is -1.79. The van der Waals surface area contributed by atoms with E-state index in [0.29, 0.717) is 11.5 Å². The van der Waals surface area contributed by atoms with Crippen molar-refractivity contribution < 1.29 is 9.59 Å². The summed E-state index contributed by atoms with van der Waals surface area (Å²) in [6, 6.07) is 5.49. The third-order valence-electron chi connectivity index (χ3n) is 6.71. The van der Waals surface area contributed by atoms with Crippen LogP contribution in [0, 0.1) is 11.3 Å². The molecule has 1 aromatic carbocycles. The number of rotatable bonds is 4. The highest BCUT2D eigenvalue weighted by molar-refractivity contribution is 6.01. The maximum Gasteiger partial charge on any atom is 0.250 e. The number of piperidine rings is 1. The summed E-state index contributed by atoms with van der Waals surface area (Å²) in [6.07, 6.45) is 7.86. The summed E-state index contributed by atoms with van der Waals surface area (Å²) in [7, 11) is 0. The molecule has 1 aromatic rings. The molecule has 3 aliphatic rings. The number of hydrogen-bond donors (Lipinski definition) is 3. The number of nitrogens with zero attached hydrogens (tertiary/aromatic N) is 1. The van der Waals surface area contributed by atoms with Crippen LogP contribution >= 0.6 is 12.4 Å². The lowest BCUT2D eigenvalue weighted by Gasteiger charge is -2.37. The molecule has 4 N–H and O–H groups in total. The number of halogens is 1. The van der Waals surface area contributed by atoms with Crippen LogP contribution in [0.15, 0.2) is 18.2 Å². The summed E-state index contributed by atoms with van der Waals surface area (Å²) in [5.41, 5.74) is 7.45. The predicted molar refractivity (Wildman–Crippen MR) is 114 cm³/mol. The van der Waals surface area contributed by atoms with Gasteiger partial charge in [-0.25, -0.2) is 0 Å². The second-order valence-electron chi connectivity index (χ2n) is 8.33. The smallest absolute Gasteiger partial charge is 0.250 e. The third kappa shape index (κ3) is 3.85. The lowest BCUT2D eigenvalue weighted by molar-refractivity contribution is -0.128. The highest BCUT2D eigenvalue weighted by Crippen LogP contribution is 2.44. The summed E-state index contributed by atoms with van der Waals surface area (Å²) in [6.45, 7) is 3.55. The van der Waals surface area contributed by atoms with E-state index in [1.165, 1.54) is 12.8 Å². The van der Waals surface area contributed by atoms with Crippen LogP contribution in [0.5, 0.6) is 0 Å². The van der Waals surface area contributed by atoms with Crippen LogP contribution in [-0.4, -0.2) is 38.0 Å². The van der Waals surface area contributed by atoms with E-state index in [0.717, 1.165) is 69.7 Å². The number of anilines is 2. The zero-order valence-electron chi connectivity index (χ0n) is 16.3. The zero-order chi connectivity index (χ0) is 18.9. The van der Waals surface area contributed by atoms with E-state index in [1.807, 2.05) is 12.1 Å². The van der Waals surface area contributed by atoms with Gasteiger partial charge in [-0.3, -0.25) is 9.59 Å². The average Bonchev–Trinajstić information content (AvgIpc) is 3.14. The largest absolute Gasteiger partial charge is 0.371 e. The van der Waals surface area contributed by atoms with Crippen molar-refractivity contribution in [2.24, 2.45) is 17.1 Å². The molecular weight excluding hydrogens is 376 g/mol. The fraction of sp³-hybridized carbons (Fsp3) is 0.619. The number of amides is 2. The molecule has 28 heavy (non-hydrogen) atoms. The summed E-state index contributed by atoms with van der Waals surface area (Å²) in [4.78, 5) is 27.3.